The van der Waals surface area contributed by atoms with Crippen molar-refractivity contribution < 1.29 is 4.74 Å². The van der Waals surface area contributed by atoms with Gasteiger partial charge in [-0.3, -0.25) is 0 Å². The first-order valence-corrected chi connectivity index (χ1v) is 4.22. The second-order valence-corrected chi connectivity index (χ2v) is 2.80. The van der Waals surface area contributed by atoms with Gasteiger partial charge in [-0.05, 0) is 18.9 Å². The van der Waals surface area contributed by atoms with Crippen LogP contribution in [-0.2, 0) is 4.74 Å². The average molecular weight is 168 g/mol. The Bertz CT molecular complexity index is 197. The molecule has 1 aliphatic rings. The molecule has 0 unspecified atom stereocenters. The van der Waals surface area contributed by atoms with E-state index in [4.69, 9.17) is 10.5 Å². The van der Waals surface area contributed by atoms with Gasteiger partial charge in [0.2, 0.25) is 0 Å². The molecule has 0 saturated carbocycles. The predicted octanol–water partition coefficient (Wildman–Crippen LogP) is 0.743. The van der Waals surface area contributed by atoms with E-state index in [2.05, 4.69) is 11.4 Å². The highest BCUT2D eigenvalue weighted by Crippen LogP contribution is 2.11. The summed E-state index contributed by atoms with van der Waals surface area (Å²) in [6.45, 7) is 1.53. The SMILES string of the molecule is COCCNC1=C(N)CCC=C1. The Morgan fingerprint density at radius 3 is 3.17 bits per heavy atom. The Kier molecular flexibility index (Phi) is 3.67. The maximum absolute atomic E-state index is 5.79. The van der Waals surface area contributed by atoms with E-state index in [0.717, 1.165) is 30.8 Å². The summed E-state index contributed by atoms with van der Waals surface area (Å²) in [6, 6.07) is 0. The van der Waals surface area contributed by atoms with Gasteiger partial charge in [0.15, 0.2) is 0 Å². The Morgan fingerprint density at radius 2 is 2.50 bits per heavy atom. The maximum Gasteiger partial charge on any atom is 0.0635 e. The molecule has 0 amide bonds. The standard InChI is InChI=1S/C9H16N2O/c1-12-7-6-11-9-5-3-2-4-8(9)10/h3,5,11H,2,4,6-7,10H2,1H3. The van der Waals surface area contributed by atoms with E-state index in [0.29, 0.717) is 6.61 Å². The van der Waals surface area contributed by atoms with E-state index in [1.807, 2.05) is 6.08 Å². The summed E-state index contributed by atoms with van der Waals surface area (Å²) in [5.74, 6) is 0. The highest BCUT2D eigenvalue weighted by molar-refractivity contribution is 5.25. The lowest BCUT2D eigenvalue weighted by atomic mass is 10.1. The van der Waals surface area contributed by atoms with E-state index in [1.165, 1.54) is 0 Å². The zero-order chi connectivity index (χ0) is 8.81. The van der Waals surface area contributed by atoms with Gasteiger partial charge in [-0.15, -0.1) is 0 Å². The molecule has 0 aromatic rings. The van der Waals surface area contributed by atoms with Crippen LogP contribution < -0.4 is 11.1 Å². The van der Waals surface area contributed by atoms with E-state index >= 15 is 0 Å². The summed E-state index contributed by atoms with van der Waals surface area (Å²) >= 11 is 0. The van der Waals surface area contributed by atoms with Crippen molar-refractivity contribution in [1.29, 1.82) is 0 Å². The first-order chi connectivity index (χ1) is 5.84. The third-order valence-electron chi connectivity index (χ3n) is 1.83. The van der Waals surface area contributed by atoms with Crippen LogP contribution in [0.1, 0.15) is 12.8 Å². The van der Waals surface area contributed by atoms with Crippen molar-refractivity contribution >= 4 is 0 Å². The Balaban J connectivity index is 2.34. The molecule has 68 valence electrons. The minimum absolute atomic E-state index is 0.713. The average Bonchev–Trinajstić information content (AvgIpc) is 2.09. The molecule has 0 radical (unpaired) electrons. The Morgan fingerprint density at radius 1 is 1.67 bits per heavy atom. The number of hydrogen-bond acceptors (Lipinski definition) is 3. The second kappa shape index (κ2) is 4.83. The highest BCUT2D eigenvalue weighted by atomic mass is 16.5. The summed E-state index contributed by atoms with van der Waals surface area (Å²) in [5.41, 5.74) is 7.79. The van der Waals surface area contributed by atoms with Gasteiger partial charge in [-0.1, -0.05) is 6.08 Å². The fourth-order valence-corrected chi connectivity index (χ4v) is 1.14. The quantitative estimate of drug-likeness (QED) is 0.609. The van der Waals surface area contributed by atoms with Crippen LogP contribution >= 0.6 is 0 Å². The third kappa shape index (κ3) is 2.58. The predicted molar refractivity (Wildman–Crippen MR) is 49.5 cm³/mol. The minimum atomic E-state index is 0.713. The molecule has 0 fully saturated rings. The molecule has 0 aromatic heterocycles. The Hall–Kier alpha value is -0.960. The van der Waals surface area contributed by atoms with Crippen molar-refractivity contribution in [2.75, 3.05) is 20.3 Å². The van der Waals surface area contributed by atoms with E-state index in [9.17, 15) is 0 Å². The van der Waals surface area contributed by atoms with Crippen LogP contribution in [0, 0.1) is 0 Å². The van der Waals surface area contributed by atoms with Crippen LogP contribution in [-0.4, -0.2) is 20.3 Å². The van der Waals surface area contributed by atoms with Crippen LogP contribution in [0.2, 0.25) is 0 Å². The molecular weight excluding hydrogens is 152 g/mol. The molecule has 12 heavy (non-hydrogen) atoms. The molecule has 3 nitrogen and oxygen atoms in total. The molecule has 1 aliphatic carbocycles. The Labute approximate surface area is 73.3 Å². The molecule has 0 aromatic carbocycles. The largest absolute Gasteiger partial charge is 0.400 e. The zero-order valence-electron chi connectivity index (χ0n) is 7.47. The molecule has 0 saturated heterocycles. The summed E-state index contributed by atoms with van der Waals surface area (Å²) in [5, 5.41) is 3.22. The molecule has 0 heterocycles. The number of methoxy groups -OCH3 is 1. The van der Waals surface area contributed by atoms with Crippen molar-refractivity contribution in [2.24, 2.45) is 5.73 Å². The second-order valence-electron chi connectivity index (χ2n) is 2.80. The van der Waals surface area contributed by atoms with Gasteiger partial charge < -0.3 is 15.8 Å². The molecule has 0 aliphatic heterocycles. The van der Waals surface area contributed by atoms with Crippen molar-refractivity contribution in [2.45, 2.75) is 12.8 Å². The van der Waals surface area contributed by atoms with Crippen LogP contribution in [0.15, 0.2) is 23.5 Å². The van der Waals surface area contributed by atoms with E-state index in [1.54, 1.807) is 7.11 Å². The maximum atomic E-state index is 5.79. The number of ether oxygens (including phenoxy) is 1. The van der Waals surface area contributed by atoms with Crippen LogP contribution in [0.5, 0.6) is 0 Å². The summed E-state index contributed by atoms with van der Waals surface area (Å²) in [7, 11) is 1.69. The van der Waals surface area contributed by atoms with E-state index in [-0.39, 0.29) is 0 Å². The molecule has 3 heteroatoms. The molecule has 0 bridgehead atoms. The molecule has 3 N–H and O–H groups in total. The normalized spacial score (nSPS) is 16.8. The van der Waals surface area contributed by atoms with Gasteiger partial charge in [0.1, 0.15) is 0 Å². The highest BCUT2D eigenvalue weighted by Gasteiger charge is 2.02. The van der Waals surface area contributed by atoms with Crippen LogP contribution in [0.25, 0.3) is 0 Å². The number of rotatable bonds is 4. The fourth-order valence-electron chi connectivity index (χ4n) is 1.14. The lowest BCUT2D eigenvalue weighted by molar-refractivity contribution is 0.202. The molecular formula is C9H16N2O. The lowest BCUT2D eigenvalue weighted by Crippen LogP contribution is -2.22. The van der Waals surface area contributed by atoms with Gasteiger partial charge >= 0.3 is 0 Å². The monoisotopic (exact) mass is 168 g/mol. The summed E-state index contributed by atoms with van der Waals surface area (Å²) in [4.78, 5) is 0. The molecule has 0 atom stereocenters. The molecule has 1 rings (SSSR count). The third-order valence-corrected chi connectivity index (χ3v) is 1.83. The van der Waals surface area contributed by atoms with Crippen LogP contribution in [0.4, 0.5) is 0 Å². The molecule has 0 spiro atoms. The zero-order valence-corrected chi connectivity index (χ0v) is 7.47. The number of allylic oxidation sites excluding steroid dienone is 3. The summed E-state index contributed by atoms with van der Waals surface area (Å²) in [6.07, 6.45) is 6.19. The van der Waals surface area contributed by atoms with Crippen molar-refractivity contribution in [3.05, 3.63) is 23.5 Å². The van der Waals surface area contributed by atoms with Gasteiger partial charge in [-0.25, -0.2) is 0 Å². The van der Waals surface area contributed by atoms with Crippen molar-refractivity contribution in [1.82, 2.24) is 5.32 Å². The lowest BCUT2D eigenvalue weighted by Gasteiger charge is -2.13. The topological polar surface area (TPSA) is 47.3 Å². The first-order valence-electron chi connectivity index (χ1n) is 4.22. The van der Waals surface area contributed by atoms with Crippen molar-refractivity contribution in [3.63, 3.8) is 0 Å². The van der Waals surface area contributed by atoms with Gasteiger partial charge in [-0.2, -0.15) is 0 Å². The smallest absolute Gasteiger partial charge is 0.0635 e. The van der Waals surface area contributed by atoms with Crippen molar-refractivity contribution in [3.8, 4) is 0 Å². The number of nitrogens with two attached hydrogens (primary N) is 1. The number of hydrogen-bond donors (Lipinski definition) is 2. The minimum Gasteiger partial charge on any atom is -0.400 e. The van der Waals surface area contributed by atoms with Gasteiger partial charge in [0, 0.05) is 19.4 Å². The fraction of sp³-hybridized carbons (Fsp3) is 0.556. The van der Waals surface area contributed by atoms with Crippen LogP contribution in [0.3, 0.4) is 0 Å². The summed E-state index contributed by atoms with van der Waals surface area (Å²) < 4.78 is 4.92. The van der Waals surface area contributed by atoms with Gasteiger partial charge in [0.05, 0.1) is 12.3 Å². The number of nitrogens with one attached hydrogen (secondary N) is 1. The first kappa shape index (κ1) is 9.13. The van der Waals surface area contributed by atoms with E-state index < -0.39 is 0 Å². The van der Waals surface area contributed by atoms with Gasteiger partial charge in [0.25, 0.3) is 0 Å².